The molecule has 4 rings (SSSR count). The molecule has 1 aromatic heterocycles. The zero-order chi connectivity index (χ0) is 22.3. The topological polar surface area (TPSA) is 65.2 Å². The summed E-state index contributed by atoms with van der Waals surface area (Å²) in [7, 11) is 3.96. The highest BCUT2D eigenvalue weighted by Gasteiger charge is 2.25. The van der Waals surface area contributed by atoms with Gasteiger partial charge in [0.1, 0.15) is 5.82 Å². The van der Waals surface area contributed by atoms with Crippen LogP contribution >= 0.6 is 23.2 Å². The third kappa shape index (κ3) is 4.01. The van der Waals surface area contributed by atoms with Crippen molar-refractivity contribution in [3.8, 4) is 6.07 Å². The van der Waals surface area contributed by atoms with Crippen LogP contribution in [0.25, 0.3) is 11.0 Å². The fourth-order valence-electron chi connectivity index (χ4n) is 3.99. The highest BCUT2D eigenvalue weighted by atomic mass is 35.5. The van der Waals surface area contributed by atoms with Gasteiger partial charge >= 0.3 is 0 Å². The molecule has 1 saturated heterocycles. The van der Waals surface area contributed by atoms with Crippen LogP contribution in [0.1, 0.15) is 32.9 Å². The standard InChI is InChI=1S/C23H23Cl2N5O/c1-14-10-15(13-26)11-19-22(14)27-20(29(19)3)12-17-18(24)5-4-16(21(17)25)23(31)30-8-6-28(2)7-9-30/h4-5,10-11H,6-9,12H2,1-3H3. The van der Waals surface area contributed by atoms with Crippen molar-refractivity contribution in [1.82, 2.24) is 19.4 Å². The minimum Gasteiger partial charge on any atom is -0.336 e. The van der Waals surface area contributed by atoms with Gasteiger partial charge in [-0.15, -0.1) is 0 Å². The molecule has 0 atom stereocenters. The summed E-state index contributed by atoms with van der Waals surface area (Å²) in [4.78, 5) is 21.9. The van der Waals surface area contributed by atoms with Gasteiger partial charge in [0, 0.05) is 44.7 Å². The number of carbonyl (C=O) groups excluding carboxylic acids is 1. The molecule has 0 unspecified atom stereocenters. The second-order valence-electron chi connectivity index (χ2n) is 8.02. The summed E-state index contributed by atoms with van der Waals surface area (Å²) in [6.45, 7) is 4.97. The Bertz CT molecular complexity index is 1220. The van der Waals surface area contributed by atoms with E-state index >= 15 is 0 Å². The average molecular weight is 456 g/mol. The summed E-state index contributed by atoms with van der Waals surface area (Å²) in [6, 6.07) is 9.28. The lowest BCUT2D eigenvalue weighted by Crippen LogP contribution is -2.47. The van der Waals surface area contributed by atoms with E-state index in [1.54, 1.807) is 12.1 Å². The molecule has 0 spiro atoms. The molecular formula is C23H23Cl2N5O. The third-order valence-electron chi connectivity index (χ3n) is 5.94. The van der Waals surface area contributed by atoms with Crippen molar-refractivity contribution in [1.29, 1.82) is 5.26 Å². The number of rotatable bonds is 3. The first-order chi connectivity index (χ1) is 14.8. The van der Waals surface area contributed by atoms with Gasteiger partial charge in [-0.3, -0.25) is 4.79 Å². The first-order valence-electron chi connectivity index (χ1n) is 10.1. The van der Waals surface area contributed by atoms with Crippen molar-refractivity contribution < 1.29 is 4.79 Å². The molecule has 1 amide bonds. The van der Waals surface area contributed by atoms with E-state index in [-0.39, 0.29) is 5.91 Å². The molecule has 3 aromatic rings. The first kappa shape index (κ1) is 21.6. The largest absolute Gasteiger partial charge is 0.336 e. The summed E-state index contributed by atoms with van der Waals surface area (Å²) in [6.07, 6.45) is 0.383. The molecule has 1 aliphatic heterocycles. The highest BCUT2D eigenvalue weighted by Crippen LogP contribution is 2.32. The van der Waals surface area contributed by atoms with Gasteiger partial charge in [-0.1, -0.05) is 23.2 Å². The van der Waals surface area contributed by atoms with Crippen LogP contribution < -0.4 is 0 Å². The van der Waals surface area contributed by atoms with Crippen molar-refractivity contribution in [3.63, 3.8) is 0 Å². The zero-order valence-corrected chi connectivity index (χ0v) is 19.3. The smallest absolute Gasteiger partial charge is 0.255 e. The van der Waals surface area contributed by atoms with Crippen LogP contribution in [0.3, 0.4) is 0 Å². The van der Waals surface area contributed by atoms with Crippen LogP contribution in [0.15, 0.2) is 24.3 Å². The van der Waals surface area contributed by atoms with E-state index in [9.17, 15) is 10.1 Å². The molecule has 0 bridgehead atoms. The van der Waals surface area contributed by atoms with Crippen LogP contribution in [0.5, 0.6) is 0 Å². The van der Waals surface area contributed by atoms with Crippen LogP contribution in [-0.4, -0.2) is 58.5 Å². The number of likely N-dealkylation sites (N-methyl/N-ethyl adjacent to an activating group) is 1. The minimum atomic E-state index is -0.0736. The molecule has 31 heavy (non-hydrogen) atoms. The van der Waals surface area contributed by atoms with E-state index in [2.05, 4.69) is 11.0 Å². The Labute approximate surface area is 191 Å². The van der Waals surface area contributed by atoms with Gasteiger partial charge in [0.25, 0.3) is 5.91 Å². The number of carbonyl (C=O) groups is 1. The summed E-state index contributed by atoms with van der Waals surface area (Å²) < 4.78 is 1.95. The van der Waals surface area contributed by atoms with Crippen LogP contribution in [0, 0.1) is 18.3 Å². The number of piperazine rings is 1. The number of nitrogens with zero attached hydrogens (tertiary/aromatic N) is 5. The van der Waals surface area contributed by atoms with Crippen molar-refractivity contribution in [2.45, 2.75) is 13.3 Å². The zero-order valence-electron chi connectivity index (χ0n) is 17.7. The number of hydrogen-bond donors (Lipinski definition) is 0. The number of aryl methyl sites for hydroxylation is 2. The van der Waals surface area contributed by atoms with Crippen molar-refractivity contribution in [2.24, 2.45) is 7.05 Å². The molecule has 0 saturated carbocycles. The molecule has 0 aliphatic carbocycles. The Morgan fingerprint density at radius 2 is 1.87 bits per heavy atom. The number of fused-ring (bicyclic) bond motifs is 1. The van der Waals surface area contributed by atoms with Gasteiger partial charge in [-0.25, -0.2) is 4.98 Å². The monoisotopic (exact) mass is 455 g/mol. The number of nitriles is 1. The molecule has 1 fully saturated rings. The van der Waals surface area contributed by atoms with Crippen LogP contribution in [0.2, 0.25) is 10.0 Å². The molecule has 160 valence electrons. The molecule has 6 nitrogen and oxygen atoms in total. The van der Waals surface area contributed by atoms with Crippen LogP contribution in [-0.2, 0) is 13.5 Å². The fourth-order valence-corrected chi connectivity index (χ4v) is 4.58. The summed E-state index contributed by atoms with van der Waals surface area (Å²) in [5.41, 5.74) is 4.39. The predicted octanol–water partition coefficient (Wildman–Crippen LogP) is 4.04. The van der Waals surface area contributed by atoms with Gasteiger partial charge in [0.15, 0.2) is 0 Å². The normalized spacial score (nSPS) is 14.8. The maximum absolute atomic E-state index is 13.1. The predicted molar refractivity (Wildman–Crippen MR) is 123 cm³/mol. The van der Waals surface area contributed by atoms with E-state index in [0.29, 0.717) is 46.2 Å². The van der Waals surface area contributed by atoms with Crippen molar-refractivity contribution in [2.75, 3.05) is 33.2 Å². The van der Waals surface area contributed by atoms with Gasteiger partial charge in [-0.2, -0.15) is 5.26 Å². The number of amides is 1. The maximum atomic E-state index is 13.1. The summed E-state index contributed by atoms with van der Waals surface area (Å²) in [5, 5.41) is 10.2. The molecule has 8 heteroatoms. The molecule has 0 radical (unpaired) electrons. The average Bonchev–Trinajstić information content (AvgIpc) is 3.07. The van der Waals surface area contributed by atoms with E-state index in [1.165, 1.54) is 0 Å². The number of aromatic nitrogens is 2. The maximum Gasteiger partial charge on any atom is 0.255 e. The SMILES string of the molecule is Cc1cc(C#N)cc2c1nc(Cc1c(Cl)ccc(C(=O)N3CCN(C)CC3)c1Cl)n2C. The van der Waals surface area contributed by atoms with E-state index < -0.39 is 0 Å². The molecule has 2 aromatic carbocycles. The molecule has 2 heterocycles. The van der Waals surface area contributed by atoms with Gasteiger partial charge < -0.3 is 14.4 Å². The Balaban J connectivity index is 1.70. The number of benzene rings is 2. The number of hydrogen-bond acceptors (Lipinski definition) is 4. The Hall–Kier alpha value is -2.59. The van der Waals surface area contributed by atoms with Crippen molar-refractivity contribution in [3.05, 3.63) is 62.4 Å². The number of halogens is 2. The minimum absolute atomic E-state index is 0.0736. The quantitative estimate of drug-likeness (QED) is 0.597. The van der Waals surface area contributed by atoms with Gasteiger partial charge in [0.05, 0.1) is 33.3 Å². The van der Waals surface area contributed by atoms with Crippen molar-refractivity contribution >= 4 is 40.1 Å². The molecular weight excluding hydrogens is 433 g/mol. The highest BCUT2D eigenvalue weighted by molar-refractivity contribution is 6.38. The Kier molecular flexibility index (Phi) is 5.94. The van der Waals surface area contributed by atoms with Gasteiger partial charge in [0.2, 0.25) is 0 Å². The lowest BCUT2D eigenvalue weighted by molar-refractivity contribution is 0.0664. The first-order valence-corrected chi connectivity index (χ1v) is 10.9. The molecule has 0 N–H and O–H groups in total. The second kappa shape index (κ2) is 8.51. The van der Waals surface area contributed by atoms with Gasteiger partial charge in [-0.05, 0) is 49.4 Å². The fraction of sp³-hybridized carbons (Fsp3) is 0.348. The van der Waals surface area contributed by atoms with E-state index in [1.807, 2.05) is 42.6 Å². The lowest BCUT2D eigenvalue weighted by Gasteiger charge is -2.32. The summed E-state index contributed by atoms with van der Waals surface area (Å²) >= 11 is 13.2. The molecule has 1 aliphatic rings. The summed E-state index contributed by atoms with van der Waals surface area (Å²) in [5.74, 6) is 0.691. The van der Waals surface area contributed by atoms with Crippen LogP contribution in [0.4, 0.5) is 0 Å². The Morgan fingerprint density at radius 3 is 2.55 bits per heavy atom. The Morgan fingerprint density at radius 1 is 1.16 bits per heavy atom. The van der Waals surface area contributed by atoms with E-state index in [0.717, 1.165) is 35.5 Å². The third-order valence-corrected chi connectivity index (χ3v) is 6.73. The lowest BCUT2D eigenvalue weighted by atomic mass is 10.1. The second-order valence-corrected chi connectivity index (χ2v) is 8.80. The van der Waals surface area contributed by atoms with E-state index in [4.69, 9.17) is 28.2 Å². The number of imidazole rings is 1.